The molecule has 3 aromatic rings. The normalized spacial score (nSPS) is 12.2. The Kier molecular flexibility index (Phi) is 7.30. The fraction of sp³-hybridized carbons (Fsp3) is 0.0500. The van der Waals surface area contributed by atoms with E-state index in [9.17, 15) is 13.0 Å². The van der Waals surface area contributed by atoms with Crippen molar-refractivity contribution in [1.29, 1.82) is 5.41 Å². The molecule has 0 bridgehead atoms. The van der Waals surface area contributed by atoms with E-state index in [1.807, 2.05) is 0 Å². The summed E-state index contributed by atoms with van der Waals surface area (Å²) in [5.41, 5.74) is 6.17. The van der Waals surface area contributed by atoms with Gasteiger partial charge in [0.25, 0.3) is 0 Å². The Morgan fingerprint density at radius 1 is 0.871 bits per heavy atom. The first-order valence-electron chi connectivity index (χ1n) is 9.06. The molecule has 5 N–H and O–H groups in total. The van der Waals surface area contributed by atoms with Crippen LogP contribution in [0.25, 0.3) is 0 Å². The summed E-state index contributed by atoms with van der Waals surface area (Å²) in [5.74, 6) is -1.08. The first-order chi connectivity index (χ1) is 14.9. The van der Waals surface area contributed by atoms with E-state index in [0.717, 1.165) is 0 Å². The highest BCUT2D eigenvalue weighted by Crippen LogP contribution is 2.59. The Labute approximate surface area is 181 Å². The van der Waals surface area contributed by atoms with Gasteiger partial charge in [-0.2, -0.15) is 4.72 Å². The van der Waals surface area contributed by atoms with E-state index in [1.54, 1.807) is 72.8 Å². The van der Waals surface area contributed by atoms with Crippen molar-refractivity contribution >= 4 is 30.1 Å². The van der Waals surface area contributed by atoms with Crippen LogP contribution in [0.1, 0.15) is 11.3 Å². The molecule has 162 valence electrons. The fourth-order valence-electron chi connectivity index (χ4n) is 2.71. The minimum Gasteiger partial charge on any atom is -0.415 e. The van der Waals surface area contributed by atoms with Crippen LogP contribution in [-0.2, 0) is 15.5 Å². The summed E-state index contributed by atoms with van der Waals surface area (Å²) in [6.07, 6.45) is 0. The highest BCUT2D eigenvalue weighted by molar-refractivity contribution is 7.71. The third-order valence-corrected chi connectivity index (χ3v) is 6.66. The lowest BCUT2D eigenvalue weighted by Crippen LogP contribution is -2.24. The van der Waals surface area contributed by atoms with Crippen molar-refractivity contribution in [2.24, 2.45) is 5.73 Å². The third kappa shape index (κ3) is 6.32. The van der Waals surface area contributed by atoms with Crippen LogP contribution in [0.15, 0.2) is 84.9 Å². The number of thiol groups is 1. The molecule has 1 unspecified atom stereocenters. The molecular weight excluding hydrogens is 439 g/mol. The van der Waals surface area contributed by atoms with Crippen molar-refractivity contribution in [2.45, 2.75) is 5.78 Å². The van der Waals surface area contributed by atoms with Crippen LogP contribution in [0.5, 0.6) is 11.5 Å². The van der Waals surface area contributed by atoms with Gasteiger partial charge in [-0.05, 0) is 42.0 Å². The van der Waals surface area contributed by atoms with Gasteiger partial charge in [0.15, 0.2) is 11.7 Å². The van der Waals surface area contributed by atoms with E-state index in [4.69, 9.17) is 20.2 Å². The predicted molar refractivity (Wildman–Crippen MR) is 120 cm³/mol. The van der Waals surface area contributed by atoms with Crippen LogP contribution in [0, 0.1) is 5.41 Å². The molecule has 0 aromatic heterocycles. The van der Waals surface area contributed by atoms with E-state index >= 15 is 0 Å². The third-order valence-electron chi connectivity index (χ3n) is 4.00. The monoisotopic (exact) mass is 460 g/mol. The van der Waals surface area contributed by atoms with Gasteiger partial charge in [-0.1, -0.05) is 48.5 Å². The molecule has 3 aromatic carbocycles. The van der Waals surface area contributed by atoms with Crippen LogP contribution in [-0.4, -0.2) is 14.4 Å². The molecular formula is C20H21N4O5PS. The maximum atomic E-state index is 14.0. The molecule has 0 heterocycles. The summed E-state index contributed by atoms with van der Waals surface area (Å²) in [5, 5.41) is 9.92. The average molecular weight is 460 g/mol. The molecule has 0 saturated carbocycles. The zero-order valence-electron chi connectivity index (χ0n) is 16.2. The first kappa shape index (κ1) is 22.4. The molecule has 0 amide bonds. The predicted octanol–water partition coefficient (Wildman–Crippen LogP) is 3.46. The SMILES string of the molecule is N=C(N)Nc1ccc(C(N[SH](=O)=O)P(=O)(Oc2ccccc2)Oc2ccccc2)cc1. The van der Waals surface area contributed by atoms with Crippen molar-refractivity contribution in [1.82, 2.24) is 4.72 Å². The van der Waals surface area contributed by atoms with Gasteiger partial charge in [-0.3, -0.25) is 5.41 Å². The topological polar surface area (TPSA) is 144 Å². The highest BCUT2D eigenvalue weighted by atomic mass is 32.2. The van der Waals surface area contributed by atoms with Crippen LogP contribution >= 0.6 is 7.60 Å². The molecule has 1 atom stereocenters. The number of hydrogen-bond acceptors (Lipinski definition) is 6. The quantitative estimate of drug-likeness (QED) is 0.142. The minimum absolute atomic E-state index is 0.254. The summed E-state index contributed by atoms with van der Waals surface area (Å²) in [7, 11) is -7.32. The summed E-state index contributed by atoms with van der Waals surface area (Å²) < 4.78 is 51.0. The molecule has 0 aliphatic rings. The van der Waals surface area contributed by atoms with Gasteiger partial charge < -0.3 is 20.1 Å². The van der Waals surface area contributed by atoms with E-state index < -0.39 is 24.3 Å². The zero-order valence-corrected chi connectivity index (χ0v) is 18.0. The molecule has 11 heteroatoms. The molecule has 0 aliphatic heterocycles. The van der Waals surface area contributed by atoms with Gasteiger partial charge in [0.1, 0.15) is 11.5 Å². The van der Waals surface area contributed by atoms with Crippen molar-refractivity contribution in [3.05, 3.63) is 90.5 Å². The average Bonchev–Trinajstić information content (AvgIpc) is 2.73. The minimum atomic E-state index is -4.17. The van der Waals surface area contributed by atoms with Crippen molar-refractivity contribution in [3.63, 3.8) is 0 Å². The highest BCUT2D eigenvalue weighted by Gasteiger charge is 2.41. The number of hydrogen-bond donors (Lipinski definition) is 5. The molecule has 3 rings (SSSR count). The standard InChI is InChI=1S/C20H21N4O5PS/c21-20(22)23-16-13-11-15(12-14-16)19(24-31(26)27)30(25,28-17-7-3-1-4-8-17)29-18-9-5-2-6-10-18/h1-14,19,31H,(H4,21,22,23)(H,24,26,27). The molecule has 0 spiro atoms. The fourth-order valence-corrected chi connectivity index (χ4v) is 5.53. The molecule has 0 saturated heterocycles. The Bertz CT molecular complexity index is 1090. The summed E-state index contributed by atoms with van der Waals surface area (Å²) in [6, 6.07) is 22.9. The Morgan fingerprint density at radius 2 is 1.35 bits per heavy atom. The second-order valence-electron chi connectivity index (χ2n) is 6.30. The number of nitrogens with one attached hydrogen (secondary N) is 3. The summed E-state index contributed by atoms with van der Waals surface area (Å²) in [6.45, 7) is 0. The molecule has 0 radical (unpaired) electrons. The lowest BCUT2D eigenvalue weighted by molar-refractivity contribution is 0.369. The van der Waals surface area contributed by atoms with Crippen LogP contribution in [0.3, 0.4) is 0 Å². The van der Waals surface area contributed by atoms with Crippen molar-refractivity contribution < 1.29 is 22.0 Å². The van der Waals surface area contributed by atoms with E-state index in [2.05, 4.69) is 10.0 Å². The second-order valence-corrected chi connectivity index (χ2v) is 9.03. The second kappa shape index (κ2) is 10.1. The Morgan fingerprint density at radius 3 is 1.77 bits per heavy atom. The van der Waals surface area contributed by atoms with Gasteiger partial charge in [0.2, 0.25) is 10.9 Å². The van der Waals surface area contributed by atoms with Crippen molar-refractivity contribution in [2.75, 3.05) is 5.32 Å². The molecule has 9 nitrogen and oxygen atoms in total. The number of para-hydroxylation sites is 2. The van der Waals surface area contributed by atoms with Crippen LogP contribution in [0.2, 0.25) is 0 Å². The maximum Gasteiger partial charge on any atom is 0.453 e. The van der Waals surface area contributed by atoms with Gasteiger partial charge >= 0.3 is 7.60 Å². The lowest BCUT2D eigenvalue weighted by Gasteiger charge is -2.27. The Balaban J connectivity index is 2.04. The van der Waals surface area contributed by atoms with Gasteiger partial charge in [-0.25, -0.2) is 13.0 Å². The van der Waals surface area contributed by atoms with Crippen LogP contribution in [0.4, 0.5) is 5.69 Å². The van der Waals surface area contributed by atoms with Gasteiger partial charge in [-0.15, -0.1) is 0 Å². The number of rotatable bonds is 9. The van der Waals surface area contributed by atoms with Crippen LogP contribution < -0.4 is 24.8 Å². The van der Waals surface area contributed by atoms with Gasteiger partial charge in [0, 0.05) is 5.69 Å². The molecule has 0 fully saturated rings. The maximum absolute atomic E-state index is 14.0. The largest absolute Gasteiger partial charge is 0.453 e. The zero-order chi connectivity index (χ0) is 22.3. The molecule has 31 heavy (non-hydrogen) atoms. The van der Waals surface area contributed by atoms with E-state index in [-0.39, 0.29) is 17.5 Å². The summed E-state index contributed by atoms with van der Waals surface area (Å²) in [4.78, 5) is 0. The number of anilines is 1. The van der Waals surface area contributed by atoms with Crippen molar-refractivity contribution in [3.8, 4) is 11.5 Å². The first-order valence-corrected chi connectivity index (χ1v) is 11.9. The summed E-state index contributed by atoms with van der Waals surface area (Å²) >= 11 is 0. The Hall–Kier alpha value is -3.33. The lowest BCUT2D eigenvalue weighted by atomic mass is 10.2. The van der Waals surface area contributed by atoms with E-state index in [1.165, 1.54) is 12.1 Å². The number of benzene rings is 3. The molecule has 0 aliphatic carbocycles. The van der Waals surface area contributed by atoms with Gasteiger partial charge in [0.05, 0.1) is 0 Å². The number of guanidine groups is 1. The number of nitrogens with two attached hydrogens (primary N) is 1. The van der Waals surface area contributed by atoms with E-state index in [0.29, 0.717) is 11.3 Å². The smallest absolute Gasteiger partial charge is 0.415 e.